The van der Waals surface area contributed by atoms with Gasteiger partial charge < -0.3 is 0 Å². The van der Waals surface area contributed by atoms with E-state index in [2.05, 4.69) is 0 Å². The Kier molecular flexibility index (Phi) is 1.20. The Balaban J connectivity index is 3.26. The molecule has 3 heteroatoms. The molecule has 1 aliphatic rings. The van der Waals surface area contributed by atoms with Crippen LogP contribution in [0.15, 0.2) is 0 Å². The third kappa shape index (κ3) is 1.84. The topological polar surface area (TPSA) is 46.2 Å². The Hall–Kier alpha value is -0.860. The predicted molar refractivity (Wildman–Crippen MR) is 45.3 cm³/mol. The lowest BCUT2D eigenvalue weighted by Crippen LogP contribution is -2.45. The predicted octanol–water partition coefficient (Wildman–Crippen LogP) is 1.09. The van der Waals surface area contributed by atoms with E-state index < -0.39 is 35.9 Å². The van der Waals surface area contributed by atoms with Gasteiger partial charge in [-0.15, -0.1) is 0 Å². The van der Waals surface area contributed by atoms with Gasteiger partial charge in [0.1, 0.15) is 0 Å². The standard InChI is InChI=1S/C9H15NO2/c1-9(2,3)6-4-5-7(11)10-8(6)12/h6H,4-5H2,1-3H3,(H,10,11,12)/i4D2,5D/hD. The summed E-state index contributed by atoms with van der Waals surface area (Å²) in [6.45, 7) is 4.97. The average Bonchev–Trinajstić information content (AvgIpc) is 2.09. The van der Waals surface area contributed by atoms with E-state index >= 15 is 0 Å². The summed E-state index contributed by atoms with van der Waals surface area (Å²) in [4.78, 5) is 23.1. The molecule has 0 saturated carbocycles. The molecular formula is C9H15NO2. The molecule has 68 valence electrons. The van der Waals surface area contributed by atoms with Crippen LogP contribution in [0.1, 0.15) is 37.7 Å². The molecule has 3 nitrogen and oxygen atoms in total. The van der Waals surface area contributed by atoms with Crippen molar-refractivity contribution < 1.29 is 15.1 Å². The van der Waals surface area contributed by atoms with Gasteiger partial charge in [0.2, 0.25) is 11.8 Å². The Morgan fingerprint density at radius 3 is 2.67 bits per heavy atom. The molecule has 2 amide bonds. The zero-order chi connectivity index (χ0) is 12.9. The van der Waals surface area contributed by atoms with Crippen LogP contribution in [0.3, 0.4) is 0 Å². The van der Waals surface area contributed by atoms with Crippen molar-refractivity contribution in [3.8, 4) is 0 Å². The van der Waals surface area contributed by atoms with Crippen molar-refractivity contribution in [2.45, 2.75) is 33.5 Å². The van der Waals surface area contributed by atoms with E-state index in [1.54, 1.807) is 20.8 Å². The molecule has 2 atom stereocenters. The number of imide groups is 1. The first kappa shape index (κ1) is 5.00. The fourth-order valence-electron chi connectivity index (χ4n) is 1.05. The molecule has 0 aromatic carbocycles. The van der Waals surface area contributed by atoms with Crippen molar-refractivity contribution in [3.63, 3.8) is 0 Å². The van der Waals surface area contributed by atoms with E-state index in [4.69, 9.17) is 5.52 Å². The van der Waals surface area contributed by atoms with Crippen LogP contribution in [0.5, 0.6) is 0 Å². The van der Waals surface area contributed by atoms with Crippen molar-refractivity contribution >= 4 is 11.8 Å². The molecule has 0 aromatic rings. The number of piperidine rings is 1. The maximum atomic E-state index is 11.7. The zero-order valence-corrected chi connectivity index (χ0v) is 7.42. The van der Waals surface area contributed by atoms with E-state index in [0.29, 0.717) is 0 Å². The van der Waals surface area contributed by atoms with Crippen molar-refractivity contribution in [2.75, 3.05) is 0 Å². The minimum Gasteiger partial charge on any atom is -0.296 e. The summed E-state index contributed by atoms with van der Waals surface area (Å²) in [5, 5.41) is 0.120. The largest absolute Gasteiger partial charge is 0.296 e. The second kappa shape index (κ2) is 2.88. The zero-order valence-electron chi connectivity index (χ0n) is 11.4. The van der Waals surface area contributed by atoms with Gasteiger partial charge in [-0.3, -0.25) is 14.9 Å². The number of rotatable bonds is 0. The molecule has 0 aromatic heterocycles. The van der Waals surface area contributed by atoms with E-state index in [1.807, 2.05) is 0 Å². The normalized spacial score (nSPS) is 41.4. The summed E-state index contributed by atoms with van der Waals surface area (Å²) in [6.07, 6.45) is -3.95. The number of nitrogens with one attached hydrogen (secondary N) is 1. The third-order valence-electron chi connectivity index (χ3n) is 1.71. The van der Waals surface area contributed by atoms with Crippen molar-refractivity contribution in [1.29, 1.82) is 0 Å². The number of hydrogen-bond acceptors (Lipinski definition) is 2. The van der Waals surface area contributed by atoms with E-state index in [-0.39, 0.29) is 5.31 Å². The molecule has 12 heavy (non-hydrogen) atoms. The second-order valence-electron chi connectivity index (χ2n) is 3.90. The van der Waals surface area contributed by atoms with Crippen molar-refractivity contribution in [1.82, 2.24) is 5.31 Å². The molecule has 1 rings (SSSR count). The molecule has 0 bridgehead atoms. The van der Waals surface area contributed by atoms with Crippen LogP contribution in [0.25, 0.3) is 0 Å². The maximum absolute atomic E-state index is 11.7. The van der Waals surface area contributed by atoms with Crippen LogP contribution in [0, 0.1) is 11.3 Å². The number of hydrogen-bond donors (Lipinski definition) is 1. The highest BCUT2D eigenvalue weighted by Gasteiger charge is 2.35. The second-order valence-corrected chi connectivity index (χ2v) is 3.90. The first-order chi connectivity index (χ1) is 7.01. The molecule has 0 spiro atoms. The summed E-state index contributed by atoms with van der Waals surface area (Å²) < 4.78 is 30.2. The van der Waals surface area contributed by atoms with Gasteiger partial charge in [0.15, 0.2) is 1.41 Å². The first-order valence-electron chi connectivity index (χ1n) is 5.82. The van der Waals surface area contributed by atoms with Gasteiger partial charge in [0.05, 0.1) is 0 Å². The van der Waals surface area contributed by atoms with Gasteiger partial charge in [-0.05, 0) is 11.8 Å². The third-order valence-corrected chi connectivity index (χ3v) is 1.71. The SMILES string of the molecule is [2H]C1C(=O)N([2H])C(=O)C(C(C)(C)C)C1([2H])[2H]. The molecule has 1 aliphatic heterocycles. The molecule has 1 fully saturated rings. The molecule has 1 N–H and O–H groups in total. The van der Waals surface area contributed by atoms with Crippen LogP contribution >= 0.6 is 0 Å². The molecular weight excluding hydrogens is 154 g/mol. The monoisotopic (exact) mass is 173 g/mol. The molecule has 1 saturated heterocycles. The summed E-state index contributed by atoms with van der Waals surface area (Å²) >= 11 is 0. The van der Waals surface area contributed by atoms with E-state index in [0.717, 1.165) is 0 Å². The highest BCUT2D eigenvalue weighted by atomic mass is 16.2. The lowest BCUT2D eigenvalue weighted by atomic mass is 9.76. The maximum Gasteiger partial charge on any atom is 0.230 e. The molecule has 0 radical (unpaired) electrons. The molecule has 2 unspecified atom stereocenters. The minimum atomic E-state index is -2.23. The highest BCUT2D eigenvalue weighted by Crippen LogP contribution is 2.31. The Morgan fingerprint density at radius 1 is 1.58 bits per heavy atom. The number of carbonyl (C=O) groups excluding carboxylic acids is 2. The van der Waals surface area contributed by atoms with Gasteiger partial charge in [-0.2, -0.15) is 0 Å². The Morgan fingerprint density at radius 2 is 2.17 bits per heavy atom. The van der Waals surface area contributed by atoms with Gasteiger partial charge in [0, 0.05) is 16.4 Å². The first-order valence-corrected chi connectivity index (χ1v) is 3.80. The fourth-order valence-corrected chi connectivity index (χ4v) is 1.05. The number of carbonyl (C=O) groups is 2. The molecule has 0 aliphatic carbocycles. The Bertz CT molecular complexity index is 337. The summed E-state index contributed by atoms with van der Waals surface area (Å²) in [5.41, 5.74) is -0.736. The summed E-state index contributed by atoms with van der Waals surface area (Å²) in [7, 11) is 0. The summed E-state index contributed by atoms with van der Waals surface area (Å²) in [5.74, 6) is -3.13. The summed E-state index contributed by atoms with van der Waals surface area (Å²) in [6, 6.07) is 0. The quantitative estimate of drug-likeness (QED) is 0.557. The smallest absolute Gasteiger partial charge is 0.230 e. The lowest BCUT2D eigenvalue weighted by Gasteiger charge is -2.31. The fraction of sp³-hybridized carbons (Fsp3) is 0.778. The van der Waals surface area contributed by atoms with E-state index in [1.165, 1.54) is 0 Å². The minimum absolute atomic E-state index is 0.120. The van der Waals surface area contributed by atoms with Crippen LogP contribution < -0.4 is 5.31 Å². The van der Waals surface area contributed by atoms with Crippen LogP contribution in [-0.2, 0) is 9.59 Å². The van der Waals surface area contributed by atoms with Crippen molar-refractivity contribution in [2.24, 2.45) is 11.3 Å². The Labute approximate surface area is 78.2 Å². The van der Waals surface area contributed by atoms with Gasteiger partial charge >= 0.3 is 0 Å². The van der Waals surface area contributed by atoms with Crippen LogP contribution in [0.2, 0.25) is 1.41 Å². The van der Waals surface area contributed by atoms with Gasteiger partial charge in [-0.25, -0.2) is 0 Å². The van der Waals surface area contributed by atoms with Crippen molar-refractivity contribution in [3.05, 3.63) is 0 Å². The number of amides is 2. The van der Waals surface area contributed by atoms with Crippen LogP contribution in [-0.4, -0.2) is 11.8 Å². The average molecular weight is 173 g/mol. The molecule has 1 heterocycles. The van der Waals surface area contributed by atoms with E-state index in [9.17, 15) is 9.59 Å². The highest BCUT2D eigenvalue weighted by molar-refractivity contribution is 5.98. The van der Waals surface area contributed by atoms with Gasteiger partial charge in [0.25, 0.3) is 0 Å². The lowest BCUT2D eigenvalue weighted by molar-refractivity contribution is -0.139. The van der Waals surface area contributed by atoms with Gasteiger partial charge in [-0.1, -0.05) is 20.8 Å². The van der Waals surface area contributed by atoms with Crippen LogP contribution in [0.4, 0.5) is 0 Å².